The number of carbonyl (C=O) groups is 2. The lowest BCUT2D eigenvalue weighted by atomic mass is 9.99. The van der Waals surface area contributed by atoms with Gasteiger partial charge in [0.2, 0.25) is 0 Å². The summed E-state index contributed by atoms with van der Waals surface area (Å²) in [5, 5.41) is 14.4. The zero-order chi connectivity index (χ0) is 29.7. The van der Waals surface area contributed by atoms with Crippen LogP contribution in [0.4, 0.5) is 16.2 Å². The van der Waals surface area contributed by atoms with Gasteiger partial charge in [0.05, 0.1) is 37.6 Å². The second-order valence-corrected chi connectivity index (χ2v) is 12.7. The molecule has 13 heteroatoms. The molecule has 11 nitrogen and oxygen atoms in total. The third-order valence-electron chi connectivity index (χ3n) is 6.84. The summed E-state index contributed by atoms with van der Waals surface area (Å²) in [5.41, 5.74) is 0.836. The highest BCUT2D eigenvalue weighted by Gasteiger charge is 2.35. The van der Waals surface area contributed by atoms with E-state index in [0.29, 0.717) is 11.4 Å². The first-order chi connectivity index (χ1) is 19.5. The van der Waals surface area contributed by atoms with Gasteiger partial charge in [0, 0.05) is 25.2 Å². The van der Waals surface area contributed by atoms with Crippen LogP contribution in [0.1, 0.15) is 24.2 Å². The number of anilines is 2. The summed E-state index contributed by atoms with van der Waals surface area (Å²) in [4.78, 5) is 29.7. The van der Waals surface area contributed by atoms with Crippen LogP contribution < -0.4 is 19.5 Å². The van der Waals surface area contributed by atoms with Crippen LogP contribution in [0.15, 0.2) is 64.2 Å². The van der Waals surface area contributed by atoms with E-state index in [1.807, 2.05) is 6.92 Å². The Morgan fingerprint density at radius 2 is 1.95 bits per heavy atom. The second-order valence-electron chi connectivity index (χ2n) is 9.88. The van der Waals surface area contributed by atoms with Gasteiger partial charge in [0.15, 0.2) is 5.75 Å². The molecule has 0 saturated carbocycles. The van der Waals surface area contributed by atoms with Crippen LogP contribution in [0.5, 0.6) is 11.5 Å². The average molecular weight is 603 g/mol. The largest absolute Gasteiger partial charge is 0.497 e. The van der Waals surface area contributed by atoms with Crippen molar-refractivity contribution in [3.05, 3.63) is 65.5 Å². The highest BCUT2D eigenvalue weighted by Crippen LogP contribution is 2.36. The summed E-state index contributed by atoms with van der Waals surface area (Å²) >= 11 is 1.06. The Kier molecular flexibility index (Phi) is 9.41. The fourth-order valence-corrected chi connectivity index (χ4v) is 6.45. The number of nitrogens with one attached hydrogen (secondary N) is 2. The lowest BCUT2D eigenvalue weighted by molar-refractivity contribution is 0.0373. The first-order valence-electron chi connectivity index (χ1n) is 13.0. The number of methoxy groups -OCH3 is 1. The maximum Gasteiger partial charge on any atom is 0.321 e. The molecule has 3 aromatic rings. The van der Waals surface area contributed by atoms with Gasteiger partial charge in [-0.3, -0.25) is 9.52 Å². The van der Waals surface area contributed by atoms with Crippen LogP contribution in [-0.2, 0) is 10.0 Å². The van der Waals surface area contributed by atoms with Gasteiger partial charge in [-0.2, -0.15) is 0 Å². The molecule has 1 aromatic heterocycles. The molecule has 1 aliphatic rings. The molecule has 0 unspecified atom stereocenters. The van der Waals surface area contributed by atoms with Crippen molar-refractivity contribution in [3.63, 3.8) is 0 Å². The number of amides is 3. The number of ether oxygens (including phenoxy) is 2. The number of hydrogen-bond acceptors (Lipinski definition) is 8. The number of para-hydroxylation sites is 1. The minimum absolute atomic E-state index is 0.0632. The number of rotatable bonds is 9. The molecule has 3 amide bonds. The van der Waals surface area contributed by atoms with Crippen LogP contribution in [0.2, 0.25) is 0 Å². The number of hydrogen-bond donors (Lipinski definition) is 3. The normalized spacial score (nSPS) is 17.9. The summed E-state index contributed by atoms with van der Waals surface area (Å²) in [5.74, 6) is 0.0377. The van der Waals surface area contributed by atoms with Gasteiger partial charge in [-0.05, 0) is 54.8 Å². The Bertz CT molecular complexity index is 1460. The SMILES string of the molecule is COc1ccc(NC(=O)N(C)C[C@@H]2Oc3c(NS(=O)(=O)c4cccs4)cccc3C(=O)N([C@@H](C)CO)C[C@@H]2C)cc1. The van der Waals surface area contributed by atoms with Crippen LogP contribution >= 0.6 is 11.3 Å². The van der Waals surface area contributed by atoms with Gasteiger partial charge in [-0.25, -0.2) is 13.2 Å². The van der Waals surface area contributed by atoms with Gasteiger partial charge < -0.3 is 29.7 Å². The van der Waals surface area contributed by atoms with Crippen molar-refractivity contribution in [1.82, 2.24) is 9.80 Å². The third kappa shape index (κ3) is 6.92. The number of carbonyl (C=O) groups excluding carboxylic acids is 2. The standard InChI is InChI=1S/C28H34N4O7S2/c1-18-15-32(19(2)17-33)27(34)22-7-5-8-23(30-41(36,37)25-9-6-14-40-25)26(22)39-24(18)16-31(3)28(35)29-20-10-12-21(38-4)13-11-20/h5-14,18-19,24,30,33H,15-17H2,1-4H3,(H,29,35)/t18-,19-,24-/m0/s1. The molecule has 3 atom stereocenters. The molecule has 0 aliphatic carbocycles. The summed E-state index contributed by atoms with van der Waals surface area (Å²) in [6.07, 6.45) is -0.630. The highest BCUT2D eigenvalue weighted by atomic mass is 32.2. The number of nitrogens with zero attached hydrogens (tertiary/aromatic N) is 2. The van der Waals surface area contributed by atoms with E-state index < -0.39 is 28.1 Å². The maximum atomic E-state index is 13.6. The number of sulfonamides is 1. The molecule has 4 rings (SSSR count). The molecule has 41 heavy (non-hydrogen) atoms. The topological polar surface area (TPSA) is 138 Å². The molecule has 1 aliphatic heterocycles. The predicted molar refractivity (Wildman–Crippen MR) is 157 cm³/mol. The number of fused-ring (bicyclic) bond motifs is 1. The maximum absolute atomic E-state index is 13.6. The molecular formula is C28H34N4O7S2. The van der Waals surface area contributed by atoms with E-state index >= 15 is 0 Å². The predicted octanol–water partition coefficient (Wildman–Crippen LogP) is 3.94. The van der Waals surface area contributed by atoms with Gasteiger partial charge in [-0.1, -0.05) is 19.1 Å². The molecule has 3 N–H and O–H groups in total. The summed E-state index contributed by atoms with van der Waals surface area (Å²) in [7, 11) is -0.759. The molecule has 220 valence electrons. The molecule has 0 fully saturated rings. The summed E-state index contributed by atoms with van der Waals surface area (Å²) < 4.78 is 40.4. The Balaban J connectivity index is 1.65. The third-order valence-corrected chi connectivity index (χ3v) is 9.60. The summed E-state index contributed by atoms with van der Waals surface area (Å²) in [6.45, 7) is 3.75. The van der Waals surface area contributed by atoms with E-state index in [1.165, 1.54) is 17.0 Å². The fraction of sp³-hybridized carbons (Fsp3) is 0.357. The summed E-state index contributed by atoms with van der Waals surface area (Å²) in [6, 6.07) is 13.8. The van der Waals surface area contributed by atoms with Crippen molar-refractivity contribution in [3.8, 4) is 11.5 Å². The Morgan fingerprint density at radius 1 is 1.22 bits per heavy atom. The van der Waals surface area contributed by atoms with E-state index in [2.05, 4.69) is 10.0 Å². The van der Waals surface area contributed by atoms with Gasteiger partial charge in [0.1, 0.15) is 16.1 Å². The van der Waals surface area contributed by atoms with Gasteiger partial charge >= 0.3 is 6.03 Å². The van der Waals surface area contributed by atoms with E-state index in [9.17, 15) is 23.1 Å². The monoisotopic (exact) mass is 602 g/mol. The first-order valence-corrected chi connectivity index (χ1v) is 15.3. The van der Waals surface area contributed by atoms with E-state index in [4.69, 9.17) is 9.47 Å². The molecule has 2 heterocycles. The van der Waals surface area contributed by atoms with Crippen molar-refractivity contribution in [1.29, 1.82) is 0 Å². The lowest BCUT2D eigenvalue weighted by Gasteiger charge is -2.38. The Hall–Kier alpha value is -3.81. The van der Waals surface area contributed by atoms with Crippen LogP contribution in [0.3, 0.4) is 0 Å². The number of aliphatic hydroxyl groups is 1. The molecule has 2 aromatic carbocycles. The van der Waals surface area contributed by atoms with Crippen molar-refractivity contribution in [2.45, 2.75) is 30.2 Å². The van der Waals surface area contributed by atoms with E-state index in [0.717, 1.165) is 11.3 Å². The van der Waals surface area contributed by atoms with Gasteiger partial charge in [-0.15, -0.1) is 11.3 Å². The first kappa shape index (κ1) is 30.2. The van der Waals surface area contributed by atoms with Crippen molar-refractivity contribution >= 4 is 44.7 Å². The molecule has 0 spiro atoms. The minimum atomic E-state index is -3.94. The van der Waals surface area contributed by atoms with E-state index in [-0.39, 0.29) is 52.9 Å². The fourth-order valence-electron chi connectivity index (χ4n) is 4.40. The number of likely N-dealkylation sites (N-methyl/N-ethyl adjacent to an activating group) is 1. The van der Waals surface area contributed by atoms with Crippen LogP contribution in [0.25, 0.3) is 0 Å². The molecular weight excluding hydrogens is 568 g/mol. The lowest BCUT2D eigenvalue weighted by Crippen LogP contribution is -2.50. The zero-order valence-electron chi connectivity index (χ0n) is 23.2. The quantitative estimate of drug-likeness (QED) is 0.337. The highest BCUT2D eigenvalue weighted by molar-refractivity contribution is 7.94. The minimum Gasteiger partial charge on any atom is -0.497 e. The van der Waals surface area contributed by atoms with Crippen LogP contribution in [0, 0.1) is 5.92 Å². The van der Waals surface area contributed by atoms with Crippen molar-refractivity contribution in [2.75, 3.05) is 43.9 Å². The Labute approximate surface area is 243 Å². The molecule has 0 radical (unpaired) electrons. The van der Waals surface area contributed by atoms with Crippen molar-refractivity contribution in [2.24, 2.45) is 5.92 Å². The average Bonchev–Trinajstić information content (AvgIpc) is 3.51. The zero-order valence-corrected chi connectivity index (χ0v) is 24.9. The molecule has 0 saturated heterocycles. The van der Waals surface area contributed by atoms with Gasteiger partial charge in [0.25, 0.3) is 15.9 Å². The number of urea groups is 1. The van der Waals surface area contributed by atoms with E-state index in [1.54, 1.807) is 73.8 Å². The Morgan fingerprint density at radius 3 is 2.59 bits per heavy atom. The number of benzene rings is 2. The van der Waals surface area contributed by atoms with Crippen LogP contribution in [-0.4, -0.2) is 81.3 Å². The number of thiophene rings is 1. The van der Waals surface area contributed by atoms with Crippen molar-refractivity contribution < 1.29 is 32.6 Å². The smallest absolute Gasteiger partial charge is 0.321 e. The molecule has 0 bridgehead atoms. The second kappa shape index (κ2) is 12.8. The number of aliphatic hydroxyl groups excluding tert-OH is 1.